The van der Waals surface area contributed by atoms with Crippen LogP contribution < -0.4 is 5.32 Å². The maximum absolute atomic E-state index is 9.57. The lowest BCUT2D eigenvalue weighted by molar-refractivity contribution is 0.243. The van der Waals surface area contributed by atoms with E-state index < -0.39 is 0 Å². The third kappa shape index (κ3) is 3.19. The van der Waals surface area contributed by atoms with Crippen LogP contribution >= 0.6 is 11.3 Å². The predicted molar refractivity (Wildman–Crippen MR) is 76.8 cm³/mol. The van der Waals surface area contributed by atoms with Crippen molar-refractivity contribution in [3.05, 3.63) is 57.8 Å². The van der Waals surface area contributed by atoms with Crippen molar-refractivity contribution in [3.63, 3.8) is 0 Å². The summed E-state index contributed by atoms with van der Waals surface area (Å²) < 4.78 is 0. The van der Waals surface area contributed by atoms with Gasteiger partial charge in [-0.1, -0.05) is 37.3 Å². The molecule has 2 N–H and O–H groups in total. The highest BCUT2D eigenvalue weighted by molar-refractivity contribution is 7.09. The van der Waals surface area contributed by atoms with Crippen LogP contribution in [0.15, 0.2) is 41.8 Å². The van der Waals surface area contributed by atoms with E-state index in [9.17, 15) is 5.11 Å². The van der Waals surface area contributed by atoms with Crippen molar-refractivity contribution >= 4 is 11.3 Å². The Balaban J connectivity index is 2.08. The van der Waals surface area contributed by atoms with Gasteiger partial charge in [-0.2, -0.15) is 0 Å². The van der Waals surface area contributed by atoms with Gasteiger partial charge in [-0.25, -0.2) is 0 Å². The van der Waals surface area contributed by atoms with Crippen LogP contribution in [0.4, 0.5) is 0 Å². The van der Waals surface area contributed by atoms with Crippen LogP contribution in [0, 0.1) is 0 Å². The van der Waals surface area contributed by atoms with E-state index in [0.29, 0.717) is 0 Å². The second kappa shape index (κ2) is 6.69. The molecule has 3 heteroatoms. The number of benzene rings is 1. The summed E-state index contributed by atoms with van der Waals surface area (Å²) in [6, 6.07) is 12.5. The third-order valence-corrected chi connectivity index (χ3v) is 3.97. The number of aliphatic hydroxyl groups excluding tert-OH is 1. The smallest absolute Gasteiger partial charge is 0.0626 e. The molecule has 1 heterocycles. The van der Waals surface area contributed by atoms with E-state index in [1.54, 1.807) is 11.3 Å². The molecular formula is C15H19NOS. The van der Waals surface area contributed by atoms with Gasteiger partial charge < -0.3 is 10.4 Å². The second-order valence-electron chi connectivity index (χ2n) is 4.25. The van der Waals surface area contributed by atoms with Gasteiger partial charge in [0.25, 0.3) is 0 Å². The van der Waals surface area contributed by atoms with Crippen molar-refractivity contribution in [3.8, 4) is 0 Å². The number of thiophene rings is 1. The number of hydrogen-bond acceptors (Lipinski definition) is 3. The van der Waals surface area contributed by atoms with Crippen molar-refractivity contribution in [2.75, 3.05) is 6.61 Å². The fourth-order valence-electron chi connectivity index (χ4n) is 2.11. The molecule has 2 rings (SSSR count). The Labute approximate surface area is 112 Å². The van der Waals surface area contributed by atoms with Gasteiger partial charge in [-0.05, 0) is 29.0 Å². The van der Waals surface area contributed by atoms with Gasteiger partial charge in [0.05, 0.1) is 12.6 Å². The predicted octanol–water partition coefficient (Wildman–Crippen LogP) is 3.13. The summed E-state index contributed by atoms with van der Waals surface area (Å²) in [7, 11) is 0. The molecule has 1 atom stereocenters. The van der Waals surface area contributed by atoms with Crippen LogP contribution in [-0.2, 0) is 13.0 Å². The molecule has 0 spiro atoms. The van der Waals surface area contributed by atoms with Crippen LogP contribution in [0.5, 0.6) is 0 Å². The summed E-state index contributed by atoms with van der Waals surface area (Å²) in [6.07, 6.45) is 0.993. The van der Waals surface area contributed by atoms with Crippen LogP contribution in [-0.4, -0.2) is 11.7 Å². The summed E-state index contributed by atoms with van der Waals surface area (Å²) in [5, 5.41) is 15.1. The summed E-state index contributed by atoms with van der Waals surface area (Å²) in [5.41, 5.74) is 2.51. The molecule has 2 aromatic rings. The Kier molecular flexibility index (Phi) is 4.93. The fraction of sp³-hybridized carbons (Fsp3) is 0.333. The van der Waals surface area contributed by atoms with Gasteiger partial charge in [0.1, 0.15) is 0 Å². The van der Waals surface area contributed by atoms with E-state index in [1.807, 2.05) is 6.07 Å². The number of nitrogens with one attached hydrogen (secondary N) is 1. The molecule has 96 valence electrons. The molecule has 1 unspecified atom stereocenters. The van der Waals surface area contributed by atoms with E-state index in [0.717, 1.165) is 13.0 Å². The molecule has 2 nitrogen and oxygen atoms in total. The molecule has 0 bridgehead atoms. The first-order valence-corrected chi connectivity index (χ1v) is 7.17. The molecular weight excluding hydrogens is 242 g/mol. The normalized spacial score (nSPS) is 12.6. The summed E-state index contributed by atoms with van der Waals surface area (Å²) in [4.78, 5) is 1.29. The quantitative estimate of drug-likeness (QED) is 0.837. The number of aliphatic hydroxyl groups is 1. The fourth-order valence-corrected chi connectivity index (χ4v) is 2.76. The van der Waals surface area contributed by atoms with E-state index in [-0.39, 0.29) is 12.6 Å². The maximum atomic E-state index is 9.57. The minimum absolute atomic E-state index is 0.0169. The van der Waals surface area contributed by atoms with Gasteiger partial charge >= 0.3 is 0 Å². The lowest BCUT2D eigenvalue weighted by Crippen LogP contribution is -2.24. The molecule has 1 aromatic heterocycles. The zero-order valence-corrected chi connectivity index (χ0v) is 11.4. The van der Waals surface area contributed by atoms with Gasteiger partial charge in [-0.15, -0.1) is 11.3 Å². The monoisotopic (exact) mass is 261 g/mol. The highest BCUT2D eigenvalue weighted by atomic mass is 32.1. The van der Waals surface area contributed by atoms with Crippen LogP contribution in [0.3, 0.4) is 0 Å². The Morgan fingerprint density at radius 2 is 2.06 bits per heavy atom. The zero-order valence-electron chi connectivity index (χ0n) is 10.6. The Bertz CT molecular complexity index is 467. The van der Waals surface area contributed by atoms with E-state index in [4.69, 9.17) is 0 Å². The van der Waals surface area contributed by atoms with E-state index >= 15 is 0 Å². The summed E-state index contributed by atoms with van der Waals surface area (Å²) >= 11 is 1.74. The molecule has 0 amide bonds. The molecule has 0 saturated heterocycles. The van der Waals surface area contributed by atoms with Crippen molar-refractivity contribution in [1.82, 2.24) is 5.32 Å². The topological polar surface area (TPSA) is 32.3 Å². The number of rotatable bonds is 6. The first-order valence-electron chi connectivity index (χ1n) is 6.29. The molecule has 0 aliphatic rings. The number of aryl methyl sites for hydroxylation is 1. The maximum Gasteiger partial charge on any atom is 0.0626 e. The summed E-state index contributed by atoms with van der Waals surface area (Å²) in [6.45, 7) is 3.08. The van der Waals surface area contributed by atoms with Crippen LogP contribution in [0.1, 0.15) is 29.0 Å². The Morgan fingerprint density at radius 1 is 1.22 bits per heavy atom. The SMILES string of the molecule is CCc1ccccc1C(CO)NCc1cccs1. The third-order valence-electron chi connectivity index (χ3n) is 3.10. The zero-order chi connectivity index (χ0) is 12.8. The standard InChI is InChI=1S/C15H19NOS/c1-2-12-6-3-4-8-14(12)15(11-17)16-10-13-7-5-9-18-13/h3-9,15-17H,2,10-11H2,1H3. The largest absolute Gasteiger partial charge is 0.394 e. The Hall–Kier alpha value is -1.16. The van der Waals surface area contributed by atoms with Gasteiger partial charge in [-0.3, -0.25) is 0 Å². The molecule has 0 aliphatic heterocycles. The van der Waals surface area contributed by atoms with Crippen molar-refractivity contribution in [1.29, 1.82) is 0 Å². The second-order valence-corrected chi connectivity index (χ2v) is 5.28. The molecule has 0 saturated carbocycles. The van der Waals surface area contributed by atoms with Gasteiger partial charge in [0.2, 0.25) is 0 Å². The molecule has 18 heavy (non-hydrogen) atoms. The lowest BCUT2D eigenvalue weighted by atomic mass is 9.99. The average molecular weight is 261 g/mol. The molecule has 0 radical (unpaired) electrons. The minimum atomic E-state index is 0.0169. The highest BCUT2D eigenvalue weighted by Crippen LogP contribution is 2.19. The molecule has 0 aliphatic carbocycles. The van der Waals surface area contributed by atoms with Crippen molar-refractivity contribution < 1.29 is 5.11 Å². The van der Waals surface area contributed by atoms with Crippen molar-refractivity contribution in [2.45, 2.75) is 25.9 Å². The van der Waals surface area contributed by atoms with Crippen LogP contribution in [0.25, 0.3) is 0 Å². The number of hydrogen-bond donors (Lipinski definition) is 2. The van der Waals surface area contributed by atoms with Gasteiger partial charge in [0, 0.05) is 11.4 Å². The molecule has 1 aromatic carbocycles. The lowest BCUT2D eigenvalue weighted by Gasteiger charge is -2.19. The molecule has 0 fully saturated rings. The highest BCUT2D eigenvalue weighted by Gasteiger charge is 2.12. The minimum Gasteiger partial charge on any atom is -0.394 e. The van der Waals surface area contributed by atoms with Crippen molar-refractivity contribution in [2.24, 2.45) is 0 Å². The van der Waals surface area contributed by atoms with Crippen LogP contribution in [0.2, 0.25) is 0 Å². The van der Waals surface area contributed by atoms with E-state index in [1.165, 1.54) is 16.0 Å². The van der Waals surface area contributed by atoms with Gasteiger partial charge in [0.15, 0.2) is 0 Å². The van der Waals surface area contributed by atoms with E-state index in [2.05, 4.69) is 48.0 Å². The Morgan fingerprint density at radius 3 is 2.72 bits per heavy atom. The average Bonchev–Trinajstić information content (AvgIpc) is 2.93. The summed E-state index contributed by atoms with van der Waals surface area (Å²) in [5.74, 6) is 0. The first kappa shape index (κ1) is 13.3. The first-order chi connectivity index (χ1) is 8.85.